The summed E-state index contributed by atoms with van der Waals surface area (Å²) >= 11 is 1.85. The summed E-state index contributed by atoms with van der Waals surface area (Å²) < 4.78 is 38.4. The normalized spacial score (nSPS) is 11.2. The number of para-hydroxylation sites is 1. The summed E-state index contributed by atoms with van der Waals surface area (Å²) in [6, 6.07) is 12.6. The number of carbonyl (C=O) groups excluding carboxylic acids is 1. The molecule has 2 aromatic rings. The van der Waals surface area contributed by atoms with Crippen LogP contribution in [0.25, 0.3) is 0 Å². The smallest absolute Gasteiger partial charge is 0.321 e. The minimum atomic E-state index is -4.40. The van der Waals surface area contributed by atoms with Gasteiger partial charge in [0.05, 0.1) is 5.69 Å². The van der Waals surface area contributed by atoms with Crippen molar-refractivity contribution in [1.29, 1.82) is 0 Å². The number of carbonyl (C=O) groups is 1. The Morgan fingerprint density at radius 1 is 1.05 bits per heavy atom. The molecule has 0 aliphatic rings. The maximum absolute atomic E-state index is 12.5. The number of rotatable bonds is 3. The zero-order valence-corrected chi connectivity index (χ0v) is 13.4. The molecule has 2 rings (SSSR count). The Bertz CT molecular complexity index is 643. The number of hydrogen-bond acceptors (Lipinski definition) is 2. The second-order valence-corrected chi connectivity index (χ2v) is 6.36. The van der Waals surface area contributed by atoms with Crippen molar-refractivity contribution < 1.29 is 18.0 Å². The van der Waals surface area contributed by atoms with E-state index in [1.165, 1.54) is 18.2 Å². The highest BCUT2D eigenvalue weighted by molar-refractivity contribution is 14.1. The van der Waals surface area contributed by atoms with Crippen molar-refractivity contribution in [2.75, 3.05) is 5.32 Å². The Labute approximate surface area is 137 Å². The van der Waals surface area contributed by atoms with Crippen molar-refractivity contribution in [3.8, 4) is 0 Å². The Hall–Kier alpha value is -1.22. The average Bonchev–Trinajstić information content (AvgIpc) is 2.40. The predicted octanol–water partition coefficient (Wildman–Crippen LogP) is 5.16. The molecule has 0 spiro atoms. The van der Waals surface area contributed by atoms with Gasteiger partial charge in [-0.1, -0.05) is 12.1 Å². The van der Waals surface area contributed by atoms with Crippen molar-refractivity contribution in [2.24, 2.45) is 0 Å². The number of amides is 1. The zero-order valence-electron chi connectivity index (χ0n) is 10.4. The van der Waals surface area contributed by atoms with Crippen LogP contribution in [0.2, 0.25) is 0 Å². The number of alkyl halides is 3. The van der Waals surface area contributed by atoms with Crippen molar-refractivity contribution in [1.82, 2.24) is 0 Å². The molecule has 0 atom stereocenters. The first-order chi connectivity index (χ1) is 9.85. The Morgan fingerprint density at radius 3 is 2.29 bits per heavy atom. The van der Waals surface area contributed by atoms with E-state index in [0.717, 1.165) is 3.57 Å². The van der Waals surface area contributed by atoms with Gasteiger partial charge in [-0.15, -0.1) is 0 Å². The molecule has 0 unspecified atom stereocenters. The molecule has 2 aromatic carbocycles. The van der Waals surface area contributed by atoms with Crippen LogP contribution in [-0.2, 0) is 0 Å². The highest BCUT2D eigenvalue weighted by Gasteiger charge is 2.30. The summed E-state index contributed by atoms with van der Waals surface area (Å²) in [7, 11) is 0. The molecular formula is C14H9F3INOS. The largest absolute Gasteiger partial charge is 0.446 e. The molecule has 0 aromatic heterocycles. The van der Waals surface area contributed by atoms with Crippen molar-refractivity contribution in [2.45, 2.75) is 10.4 Å². The van der Waals surface area contributed by atoms with Crippen molar-refractivity contribution in [3.63, 3.8) is 0 Å². The minimum Gasteiger partial charge on any atom is -0.321 e. The first-order valence-corrected chi connectivity index (χ1v) is 7.66. The fourth-order valence-corrected chi connectivity index (χ4v) is 2.56. The van der Waals surface area contributed by atoms with E-state index in [-0.39, 0.29) is 22.3 Å². The Kier molecular flexibility index (Phi) is 5.15. The quantitative estimate of drug-likeness (QED) is 0.546. The molecule has 2 nitrogen and oxygen atoms in total. The lowest BCUT2D eigenvalue weighted by Crippen LogP contribution is -2.13. The van der Waals surface area contributed by atoms with Gasteiger partial charge in [0.2, 0.25) is 0 Å². The van der Waals surface area contributed by atoms with Gasteiger partial charge in [-0.25, -0.2) is 0 Å². The highest BCUT2D eigenvalue weighted by Crippen LogP contribution is 2.40. The fraction of sp³-hybridized carbons (Fsp3) is 0.0714. The van der Waals surface area contributed by atoms with E-state index >= 15 is 0 Å². The molecule has 1 amide bonds. The topological polar surface area (TPSA) is 29.1 Å². The Balaban J connectivity index is 2.19. The lowest BCUT2D eigenvalue weighted by Gasteiger charge is -2.12. The van der Waals surface area contributed by atoms with Crippen LogP contribution in [0, 0.1) is 3.57 Å². The molecule has 0 saturated heterocycles. The fourth-order valence-electron chi connectivity index (χ4n) is 1.58. The second kappa shape index (κ2) is 6.69. The second-order valence-electron chi connectivity index (χ2n) is 4.00. The van der Waals surface area contributed by atoms with Crippen LogP contribution in [0.3, 0.4) is 0 Å². The van der Waals surface area contributed by atoms with Gasteiger partial charge in [-0.05, 0) is 70.8 Å². The number of thioether (sulfide) groups is 1. The van der Waals surface area contributed by atoms with E-state index in [9.17, 15) is 18.0 Å². The SMILES string of the molecule is O=C(Nc1ccccc1SC(F)(F)F)c1ccc(I)cc1. The summed E-state index contributed by atoms with van der Waals surface area (Å²) in [5.41, 5.74) is -3.87. The lowest BCUT2D eigenvalue weighted by atomic mass is 10.2. The van der Waals surface area contributed by atoms with Crippen molar-refractivity contribution >= 4 is 45.9 Å². The summed E-state index contributed by atoms with van der Waals surface area (Å²) in [4.78, 5) is 12.0. The van der Waals surface area contributed by atoms with E-state index in [1.807, 2.05) is 0 Å². The van der Waals surface area contributed by atoms with Crippen LogP contribution in [-0.4, -0.2) is 11.4 Å². The molecule has 1 N–H and O–H groups in total. The van der Waals surface area contributed by atoms with Gasteiger partial charge in [0.15, 0.2) is 0 Å². The first kappa shape index (κ1) is 16.2. The van der Waals surface area contributed by atoms with E-state index < -0.39 is 11.4 Å². The zero-order chi connectivity index (χ0) is 15.5. The number of benzene rings is 2. The van der Waals surface area contributed by atoms with Gasteiger partial charge in [0.1, 0.15) is 0 Å². The number of hydrogen-bond donors (Lipinski definition) is 1. The third kappa shape index (κ3) is 4.92. The van der Waals surface area contributed by atoms with Crippen LogP contribution in [0.5, 0.6) is 0 Å². The molecular weight excluding hydrogens is 414 g/mol. The van der Waals surface area contributed by atoms with E-state index in [0.29, 0.717) is 5.56 Å². The van der Waals surface area contributed by atoms with Gasteiger partial charge in [0, 0.05) is 14.0 Å². The third-order valence-corrected chi connectivity index (χ3v) is 3.99. The number of halogens is 4. The molecule has 0 aliphatic heterocycles. The van der Waals surface area contributed by atoms with E-state index in [4.69, 9.17) is 0 Å². The summed E-state index contributed by atoms with van der Waals surface area (Å²) in [5.74, 6) is -0.443. The standard InChI is InChI=1S/C14H9F3INOS/c15-14(16,17)21-12-4-2-1-3-11(12)19-13(20)9-5-7-10(18)8-6-9/h1-8H,(H,19,20). The maximum atomic E-state index is 12.5. The average molecular weight is 423 g/mol. The molecule has 0 radical (unpaired) electrons. The number of anilines is 1. The molecule has 0 bridgehead atoms. The highest BCUT2D eigenvalue weighted by atomic mass is 127. The number of nitrogens with one attached hydrogen (secondary N) is 1. The summed E-state index contributed by atoms with van der Waals surface area (Å²) in [6.07, 6.45) is 0. The molecule has 7 heteroatoms. The molecule has 0 heterocycles. The van der Waals surface area contributed by atoms with Gasteiger partial charge in [0.25, 0.3) is 5.91 Å². The molecule has 21 heavy (non-hydrogen) atoms. The van der Waals surface area contributed by atoms with Crippen molar-refractivity contribution in [3.05, 3.63) is 57.7 Å². The lowest BCUT2D eigenvalue weighted by molar-refractivity contribution is -0.0328. The van der Waals surface area contributed by atoms with Gasteiger partial charge < -0.3 is 5.32 Å². The van der Waals surface area contributed by atoms with Crippen LogP contribution in [0.1, 0.15) is 10.4 Å². The third-order valence-electron chi connectivity index (χ3n) is 2.47. The van der Waals surface area contributed by atoms with Crippen LogP contribution in [0.15, 0.2) is 53.4 Å². The van der Waals surface area contributed by atoms with E-state index in [2.05, 4.69) is 27.9 Å². The Morgan fingerprint density at radius 2 is 1.67 bits per heavy atom. The van der Waals surface area contributed by atoms with Crippen LogP contribution in [0.4, 0.5) is 18.9 Å². The molecule has 0 fully saturated rings. The molecule has 0 aliphatic carbocycles. The monoisotopic (exact) mass is 423 g/mol. The minimum absolute atomic E-state index is 0.0381. The first-order valence-electron chi connectivity index (χ1n) is 5.77. The molecule has 110 valence electrons. The van der Waals surface area contributed by atoms with Gasteiger partial charge >= 0.3 is 5.51 Å². The van der Waals surface area contributed by atoms with Crippen LogP contribution >= 0.6 is 34.4 Å². The molecule has 0 saturated carbocycles. The predicted molar refractivity (Wildman–Crippen MR) is 85.5 cm³/mol. The van der Waals surface area contributed by atoms with Crippen LogP contribution < -0.4 is 5.32 Å². The summed E-state index contributed by atoms with van der Waals surface area (Å²) in [5, 5.41) is 2.51. The maximum Gasteiger partial charge on any atom is 0.446 e. The van der Waals surface area contributed by atoms with Gasteiger partial charge in [-0.3, -0.25) is 4.79 Å². The summed E-state index contributed by atoms with van der Waals surface area (Å²) in [6.45, 7) is 0. The van der Waals surface area contributed by atoms with Gasteiger partial charge in [-0.2, -0.15) is 13.2 Å². The van der Waals surface area contributed by atoms with E-state index in [1.54, 1.807) is 30.3 Å².